The van der Waals surface area contributed by atoms with E-state index in [1.54, 1.807) is 17.0 Å². The number of nitro benzene ring substituents is 1. The third-order valence-corrected chi connectivity index (χ3v) is 5.95. The van der Waals surface area contributed by atoms with Gasteiger partial charge in [-0.2, -0.15) is 0 Å². The maximum absolute atomic E-state index is 12.6. The molecule has 0 heterocycles. The van der Waals surface area contributed by atoms with Gasteiger partial charge in [0.05, 0.1) is 9.82 Å². The van der Waals surface area contributed by atoms with Gasteiger partial charge in [-0.25, -0.2) is 8.42 Å². The minimum absolute atomic E-state index is 0.0810. The zero-order valence-electron chi connectivity index (χ0n) is 15.4. The Labute approximate surface area is 163 Å². The standard InChI is InChI=1S/C19H21N3O5S/c1-2-21(13-14-6-7-14)19(23)15-8-10-16(11-9-15)20-28(26,27)18-5-3-4-17(12-18)22(24)25/h3-5,8-12,14,20H,2,6-7,13H2,1H3. The van der Waals surface area contributed by atoms with Crippen LogP contribution in [0.5, 0.6) is 0 Å². The topological polar surface area (TPSA) is 110 Å². The van der Waals surface area contributed by atoms with Crippen LogP contribution in [0.1, 0.15) is 30.1 Å². The Morgan fingerprint density at radius 3 is 2.46 bits per heavy atom. The molecule has 0 saturated heterocycles. The molecule has 0 aromatic heterocycles. The molecule has 0 radical (unpaired) electrons. The number of non-ortho nitro benzene ring substituents is 1. The first kappa shape index (κ1) is 19.8. The Bertz CT molecular complexity index is 985. The number of amides is 1. The summed E-state index contributed by atoms with van der Waals surface area (Å²) in [6.07, 6.45) is 2.31. The van der Waals surface area contributed by atoms with Crippen LogP contribution in [-0.4, -0.2) is 37.2 Å². The number of nitrogens with one attached hydrogen (secondary N) is 1. The van der Waals surface area contributed by atoms with E-state index in [-0.39, 0.29) is 22.2 Å². The number of sulfonamides is 1. The lowest BCUT2D eigenvalue weighted by molar-refractivity contribution is -0.385. The second-order valence-electron chi connectivity index (χ2n) is 6.72. The molecule has 1 aliphatic rings. The largest absolute Gasteiger partial charge is 0.339 e. The van der Waals surface area contributed by atoms with Crippen molar-refractivity contribution in [2.75, 3.05) is 17.8 Å². The molecule has 1 aliphatic carbocycles. The second kappa shape index (κ2) is 7.97. The highest BCUT2D eigenvalue weighted by molar-refractivity contribution is 7.92. The lowest BCUT2D eigenvalue weighted by Crippen LogP contribution is -2.32. The van der Waals surface area contributed by atoms with Gasteiger partial charge in [0.15, 0.2) is 0 Å². The third kappa shape index (κ3) is 4.66. The van der Waals surface area contributed by atoms with Crippen LogP contribution in [0.25, 0.3) is 0 Å². The van der Waals surface area contributed by atoms with Gasteiger partial charge in [0, 0.05) is 36.5 Å². The Hall–Kier alpha value is -2.94. The maximum Gasteiger partial charge on any atom is 0.270 e. The second-order valence-corrected chi connectivity index (χ2v) is 8.41. The number of rotatable bonds is 8. The quantitative estimate of drug-likeness (QED) is 0.537. The first-order valence-electron chi connectivity index (χ1n) is 8.97. The van der Waals surface area contributed by atoms with E-state index in [0.717, 1.165) is 25.5 Å². The molecule has 0 atom stereocenters. The molecule has 28 heavy (non-hydrogen) atoms. The molecular weight excluding hydrogens is 382 g/mol. The van der Waals surface area contributed by atoms with E-state index in [1.807, 2.05) is 6.92 Å². The van der Waals surface area contributed by atoms with Gasteiger partial charge >= 0.3 is 0 Å². The molecule has 8 nitrogen and oxygen atoms in total. The van der Waals surface area contributed by atoms with Gasteiger partial charge in [-0.3, -0.25) is 19.6 Å². The lowest BCUT2D eigenvalue weighted by Gasteiger charge is -2.20. The zero-order chi connectivity index (χ0) is 20.3. The molecule has 1 saturated carbocycles. The van der Waals surface area contributed by atoms with Crippen molar-refractivity contribution in [1.29, 1.82) is 0 Å². The van der Waals surface area contributed by atoms with E-state index in [1.165, 1.54) is 30.3 Å². The summed E-state index contributed by atoms with van der Waals surface area (Å²) >= 11 is 0. The van der Waals surface area contributed by atoms with Gasteiger partial charge in [0.25, 0.3) is 21.6 Å². The minimum Gasteiger partial charge on any atom is -0.339 e. The number of nitrogens with zero attached hydrogens (tertiary/aromatic N) is 2. The van der Waals surface area contributed by atoms with Crippen LogP contribution in [0.2, 0.25) is 0 Å². The Kier molecular flexibility index (Phi) is 5.64. The molecular formula is C19H21N3O5S. The van der Waals surface area contributed by atoms with Crippen LogP contribution >= 0.6 is 0 Å². The average molecular weight is 403 g/mol. The first-order chi connectivity index (χ1) is 13.3. The lowest BCUT2D eigenvalue weighted by atomic mass is 10.1. The number of benzene rings is 2. The van der Waals surface area contributed by atoms with Crippen LogP contribution < -0.4 is 4.72 Å². The summed E-state index contributed by atoms with van der Waals surface area (Å²) in [5.74, 6) is 0.507. The van der Waals surface area contributed by atoms with E-state index in [4.69, 9.17) is 0 Å². The molecule has 3 rings (SSSR count). The fourth-order valence-corrected chi connectivity index (χ4v) is 3.91. The molecule has 0 bridgehead atoms. The molecule has 9 heteroatoms. The smallest absolute Gasteiger partial charge is 0.270 e. The average Bonchev–Trinajstić information content (AvgIpc) is 3.50. The van der Waals surface area contributed by atoms with Crippen molar-refractivity contribution in [3.05, 3.63) is 64.2 Å². The van der Waals surface area contributed by atoms with Crippen LogP contribution in [0.3, 0.4) is 0 Å². The van der Waals surface area contributed by atoms with Crippen molar-refractivity contribution in [2.24, 2.45) is 5.92 Å². The Balaban J connectivity index is 1.73. The van der Waals surface area contributed by atoms with Gasteiger partial charge in [-0.1, -0.05) is 6.07 Å². The maximum atomic E-state index is 12.6. The van der Waals surface area contributed by atoms with E-state index in [9.17, 15) is 23.3 Å². The number of anilines is 1. The van der Waals surface area contributed by atoms with E-state index in [0.29, 0.717) is 18.0 Å². The van der Waals surface area contributed by atoms with Crippen molar-refractivity contribution >= 4 is 27.3 Å². The summed E-state index contributed by atoms with van der Waals surface area (Å²) in [7, 11) is -3.98. The van der Waals surface area contributed by atoms with Crippen molar-refractivity contribution in [1.82, 2.24) is 4.90 Å². The number of carbonyl (C=O) groups excluding carboxylic acids is 1. The number of nitro groups is 1. The highest BCUT2D eigenvalue weighted by Crippen LogP contribution is 2.30. The SMILES string of the molecule is CCN(CC1CC1)C(=O)c1ccc(NS(=O)(=O)c2cccc([N+](=O)[O-])c2)cc1. The predicted molar refractivity (Wildman–Crippen MR) is 105 cm³/mol. The van der Waals surface area contributed by atoms with Gasteiger partial charge in [-0.05, 0) is 56.0 Å². The van der Waals surface area contributed by atoms with E-state index >= 15 is 0 Å². The zero-order valence-corrected chi connectivity index (χ0v) is 16.2. The van der Waals surface area contributed by atoms with Gasteiger partial charge in [0.2, 0.25) is 0 Å². The molecule has 148 valence electrons. The van der Waals surface area contributed by atoms with E-state index in [2.05, 4.69) is 4.72 Å². The van der Waals surface area contributed by atoms with Crippen molar-refractivity contribution in [3.63, 3.8) is 0 Å². The minimum atomic E-state index is -3.98. The molecule has 1 fully saturated rings. The highest BCUT2D eigenvalue weighted by atomic mass is 32.2. The van der Waals surface area contributed by atoms with Crippen molar-refractivity contribution < 1.29 is 18.1 Å². The third-order valence-electron chi connectivity index (χ3n) is 4.57. The molecule has 0 aliphatic heterocycles. The molecule has 0 unspecified atom stereocenters. The van der Waals surface area contributed by atoms with Gasteiger partial charge in [0.1, 0.15) is 0 Å². The van der Waals surface area contributed by atoms with Crippen molar-refractivity contribution in [3.8, 4) is 0 Å². The van der Waals surface area contributed by atoms with Gasteiger partial charge in [-0.15, -0.1) is 0 Å². The predicted octanol–water partition coefficient (Wildman–Crippen LogP) is 3.27. The summed E-state index contributed by atoms with van der Waals surface area (Å²) in [6, 6.07) is 11.0. The van der Waals surface area contributed by atoms with Crippen LogP contribution in [-0.2, 0) is 10.0 Å². The Morgan fingerprint density at radius 1 is 1.21 bits per heavy atom. The summed E-state index contributed by atoms with van der Waals surface area (Å²) in [6.45, 7) is 3.30. The summed E-state index contributed by atoms with van der Waals surface area (Å²) in [5, 5.41) is 10.8. The molecule has 2 aromatic carbocycles. The highest BCUT2D eigenvalue weighted by Gasteiger charge is 2.26. The fourth-order valence-electron chi connectivity index (χ4n) is 2.81. The van der Waals surface area contributed by atoms with Crippen LogP contribution in [0.15, 0.2) is 53.4 Å². The Morgan fingerprint density at radius 2 is 1.89 bits per heavy atom. The number of hydrogen-bond acceptors (Lipinski definition) is 5. The fraction of sp³-hybridized carbons (Fsp3) is 0.316. The molecule has 2 aromatic rings. The number of hydrogen-bond donors (Lipinski definition) is 1. The molecule has 1 amide bonds. The van der Waals surface area contributed by atoms with E-state index < -0.39 is 14.9 Å². The summed E-state index contributed by atoms with van der Waals surface area (Å²) in [4.78, 5) is 24.4. The summed E-state index contributed by atoms with van der Waals surface area (Å²) < 4.78 is 27.3. The van der Waals surface area contributed by atoms with Gasteiger partial charge < -0.3 is 4.90 Å². The normalized spacial score (nSPS) is 13.8. The van der Waals surface area contributed by atoms with Crippen LogP contribution in [0.4, 0.5) is 11.4 Å². The molecule has 0 spiro atoms. The van der Waals surface area contributed by atoms with Crippen LogP contribution in [0, 0.1) is 16.0 Å². The first-order valence-corrected chi connectivity index (χ1v) is 10.4. The monoisotopic (exact) mass is 403 g/mol. The number of carbonyl (C=O) groups is 1. The molecule has 1 N–H and O–H groups in total. The van der Waals surface area contributed by atoms with Crippen molar-refractivity contribution in [2.45, 2.75) is 24.7 Å². The summed E-state index contributed by atoms with van der Waals surface area (Å²) in [5.41, 5.74) is 0.452.